The lowest BCUT2D eigenvalue weighted by atomic mass is 10.0. The Morgan fingerprint density at radius 3 is 2.33 bits per heavy atom. The van der Waals surface area contributed by atoms with E-state index in [9.17, 15) is 22.8 Å². The number of alkyl halides is 4. The molecule has 1 saturated carbocycles. The van der Waals surface area contributed by atoms with Crippen LogP contribution >= 0.6 is 23.2 Å². The number of ketones is 1. The average molecular weight is 466 g/mol. The predicted octanol–water partition coefficient (Wildman–Crippen LogP) is 5.34. The summed E-state index contributed by atoms with van der Waals surface area (Å²) in [5, 5.41) is 5.08. The van der Waals surface area contributed by atoms with Gasteiger partial charge in [-0.15, -0.1) is 0 Å². The molecule has 1 amide bonds. The van der Waals surface area contributed by atoms with Crippen LogP contribution in [0.2, 0.25) is 10.0 Å². The lowest BCUT2D eigenvalue weighted by molar-refractivity contribution is -0.141. The zero-order valence-electron chi connectivity index (χ0n) is 15.5. The molecule has 5 nitrogen and oxygen atoms in total. The van der Waals surface area contributed by atoms with Gasteiger partial charge in [0.1, 0.15) is 5.67 Å². The number of aromatic amines is 1. The Bertz CT molecular complexity index is 935. The lowest BCUT2D eigenvalue weighted by Crippen LogP contribution is -2.44. The number of aromatic nitrogens is 2. The smallest absolute Gasteiger partial charge is 0.328 e. The SMILES string of the molecule is O=C(CN(CC1(F)CCCC1)C(=O)c1cn[nH]c1C(F)(F)F)c1c(Cl)cccc1Cl. The van der Waals surface area contributed by atoms with Gasteiger partial charge in [-0.1, -0.05) is 42.1 Å². The van der Waals surface area contributed by atoms with Crippen LogP contribution in [0.3, 0.4) is 0 Å². The molecule has 1 aromatic heterocycles. The van der Waals surface area contributed by atoms with Gasteiger partial charge in [-0.3, -0.25) is 14.7 Å². The monoisotopic (exact) mass is 465 g/mol. The summed E-state index contributed by atoms with van der Waals surface area (Å²) in [6.07, 6.45) is -2.69. The molecular formula is C19H17Cl2F4N3O2. The number of nitrogens with zero attached hydrogens (tertiary/aromatic N) is 2. The van der Waals surface area contributed by atoms with Crippen LogP contribution in [0.1, 0.15) is 52.1 Å². The van der Waals surface area contributed by atoms with Gasteiger partial charge in [-0.2, -0.15) is 18.3 Å². The lowest BCUT2D eigenvalue weighted by Gasteiger charge is -2.29. The second kappa shape index (κ2) is 8.55. The van der Waals surface area contributed by atoms with Crippen molar-refractivity contribution in [1.29, 1.82) is 0 Å². The molecule has 1 heterocycles. The Morgan fingerprint density at radius 1 is 1.17 bits per heavy atom. The van der Waals surface area contributed by atoms with Crippen molar-refractivity contribution in [2.75, 3.05) is 13.1 Å². The fourth-order valence-electron chi connectivity index (χ4n) is 3.56. The van der Waals surface area contributed by atoms with E-state index in [4.69, 9.17) is 23.2 Å². The molecule has 0 bridgehead atoms. The Labute approximate surface area is 179 Å². The number of H-pyrrole nitrogens is 1. The highest BCUT2D eigenvalue weighted by molar-refractivity contribution is 6.40. The summed E-state index contributed by atoms with van der Waals surface area (Å²) in [6.45, 7) is -1.21. The molecule has 0 radical (unpaired) electrons. The van der Waals surface area contributed by atoms with Crippen LogP contribution in [0.4, 0.5) is 17.6 Å². The first kappa shape index (κ1) is 22.6. The molecule has 0 saturated heterocycles. The van der Waals surface area contributed by atoms with E-state index in [1.54, 1.807) is 5.10 Å². The first-order valence-electron chi connectivity index (χ1n) is 9.08. The molecule has 1 aliphatic carbocycles. The van der Waals surface area contributed by atoms with Crippen LogP contribution in [0, 0.1) is 0 Å². The maximum absolute atomic E-state index is 15.1. The summed E-state index contributed by atoms with van der Waals surface area (Å²) in [4.78, 5) is 26.5. The van der Waals surface area contributed by atoms with Gasteiger partial charge in [-0.25, -0.2) is 4.39 Å². The van der Waals surface area contributed by atoms with Crippen molar-refractivity contribution < 1.29 is 27.2 Å². The molecule has 1 fully saturated rings. The number of hydrogen-bond donors (Lipinski definition) is 1. The number of nitrogens with one attached hydrogen (secondary N) is 1. The minimum Gasteiger partial charge on any atom is -0.328 e. The van der Waals surface area contributed by atoms with Crippen LogP contribution in [0.25, 0.3) is 0 Å². The van der Waals surface area contributed by atoms with Crippen molar-refractivity contribution in [2.24, 2.45) is 0 Å². The Balaban J connectivity index is 1.94. The van der Waals surface area contributed by atoms with Crippen molar-refractivity contribution in [3.05, 3.63) is 51.3 Å². The van der Waals surface area contributed by atoms with E-state index < -0.39 is 47.9 Å². The highest BCUT2D eigenvalue weighted by Gasteiger charge is 2.42. The molecule has 0 atom stereocenters. The summed E-state index contributed by atoms with van der Waals surface area (Å²) in [5.74, 6) is -1.87. The van der Waals surface area contributed by atoms with Crippen molar-refractivity contribution in [3.63, 3.8) is 0 Å². The van der Waals surface area contributed by atoms with Gasteiger partial charge in [0.15, 0.2) is 11.5 Å². The van der Waals surface area contributed by atoms with Crippen LogP contribution in [0.5, 0.6) is 0 Å². The van der Waals surface area contributed by atoms with Gasteiger partial charge in [-0.05, 0) is 25.0 Å². The van der Waals surface area contributed by atoms with E-state index in [2.05, 4.69) is 5.10 Å². The van der Waals surface area contributed by atoms with E-state index in [1.165, 1.54) is 18.2 Å². The summed E-state index contributed by atoms with van der Waals surface area (Å²) in [6, 6.07) is 4.34. The molecule has 1 N–H and O–H groups in total. The molecule has 2 aromatic rings. The van der Waals surface area contributed by atoms with Crippen LogP contribution in [-0.2, 0) is 6.18 Å². The summed E-state index contributed by atoms with van der Waals surface area (Å²) < 4.78 is 54.7. The molecule has 30 heavy (non-hydrogen) atoms. The Morgan fingerprint density at radius 2 is 1.77 bits per heavy atom. The second-order valence-corrected chi connectivity index (χ2v) is 8.01. The molecule has 1 aliphatic rings. The third-order valence-corrected chi connectivity index (χ3v) is 5.62. The molecule has 0 unspecified atom stereocenters. The number of Topliss-reactive ketones (excluding diaryl/α,β-unsaturated/α-hetero) is 1. The molecule has 1 aromatic carbocycles. The Kier molecular flexibility index (Phi) is 6.43. The number of hydrogen-bond acceptors (Lipinski definition) is 3. The number of carbonyl (C=O) groups excluding carboxylic acids is 2. The molecule has 11 heteroatoms. The first-order valence-corrected chi connectivity index (χ1v) is 9.83. The quantitative estimate of drug-likeness (QED) is 0.462. The highest BCUT2D eigenvalue weighted by atomic mass is 35.5. The van der Waals surface area contributed by atoms with Crippen molar-refractivity contribution in [1.82, 2.24) is 15.1 Å². The van der Waals surface area contributed by atoms with Crippen LogP contribution < -0.4 is 0 Å². The minimum atomic E-state index is -4.87. The fraction of sp³-hybridized carbons (Fsp3) is 0.421. The highest BCUT2D eigenvalue weighted by Crippen LogP contribution is 2.36. The number of carbonyl (C=O) groups is 2. The summed E-state index contributed by atoms with van der Waals surface area (Å²) in [5.41, 5.74) is -4.02. The maximum Gasteiger partial charge on any atom is 0.433 e. The number of amides is 1. The summed E-state index contributed by atoms with van der Waals surface area (Å²) >= 11 is 12.0. The van der Waals surface area contributed by atoms with E-state index >= 15 is 4.39 Å². The van der Waals surface area contributed by atoms with Gasteiger partial charge in [0, 0.05) is 0 Å². The predicted molar refractivity (Wildman–Crippen MR) is 103 cm³/mol. The topological polar surface area (TPSA) is 66.1 Å². The molecule has 162 valence electrons. The largest absolute Gasteiger partial charge is 0.433 e. The van der Waals surface area contributed by atoms with E-state index in [0.717, 1.165) is 4.90 Å². The van der Waals surface area contributed by atoms with Crippen LogP contribution in [0.15, 0.2) is 24.4 Å². The standard InChI is InChI=1S/C19H17Cl2F4N3O2/c20-12-4-3-5-13(21)15(12)14(29)9-28(10-18(22)6-1-2-7-18)17(30)11-8-26-27-16(11)19(23,24)25/h3-5,8H,1-2,6-7,9-10H2,(H,26,27). The van der Waals surface area contributed by atoms with E-state index in [0.29, 0.717) is 19.0 Å². The normalized spacial score (nSPS) is 15.9. The fourth-order valence-corrected chi connectivity index (χ4v) is 4.17. The van der Waals surface area contributed by atoms with Gasteiger partial charge >= 0.3 is 6.18 Å². The molecule has 0 spiro atoms. The van der Waals surface area contributed by atoms with Crippen molar-refractivity contribution in [3.8, 4) is 0 Å². The average Bonchev–Trinajstić information content (AvgIpc) is 3.29. The minimum absolute atomic E-state index is 0.0232. The van der Waals surface area contributed by atoms with E-state index in [-0.39, 0.29) is 28.5 Å². The second-order valence-electron chi connectivity index (χ2n) is 7.20. The van der Waals surface area contributed by atoms with Gasteiger partial charge in [0.25, 0.3) is 5.91 Å². The van der Waals surface area contributed by atoms with Crippen molar-refractivity contribution in [2.45, 2.75) is 37.5 Å². The van der Waals surface area contributed by atoms with Crippen LogP contribution in [-0.4, -0.2) is 45.5 Å². The third-order valence-electron chi connectivity index (χ3n) is 4.99. The number of rotatable bonds is 6. The van der Waals surface area contributed by atoms with Gasteiger partial charge in [0.05, 0.1) is 40.5 Å². The number of halogens is 6. The molecule has 3 rings (SSSR count). The number of benzene rings is 1. The zero-order valence-corrected chi connectivity index (χ0v) is 17.0. The zero-order chi connectivity index (χ0) is 22.1. The first-order chi connectivity index (χ1) is 14.0. The maximum atomic E-state index is 15.1. The Hall–Kier alpha value is -2.13. The van der Waals surface area contributed by atoms with Crippen molar-refractivity contribution >= 4 is 34.9 Å². The molecule has 0 aliphatic heterocycles. The molecular weight excluding hydrogens is 449 g/mol. The van der Waals surface area contributed by atoms with E-state index in [1.807, 2.05) is 0 Å². The third kappa shape index (κ3) is 4.78. The summed E-state index contributed by atoms with van der Waals surface area (Å²) in [7, 11) is 0. The van der Waals surface area contributed by atoms with Gasteiger partial charge < -0.3 is 4.90 Å². The van der Waals surface area contributed by atoms with Gasteiger partial charge in [0.2, 0.25) is 0 Å².